The van der Waals surface area contributed by atoms with Crippen molar-refractivity contribution >= 4 is 23.3 Å². The lowest BCUT2D eigenvalue weighted by Gasteiger charge is -2.38. The van der Waals surface area contributed by atoms with Gasteiger partial charge >= 0.3 is 12.0 Å². The second-order valence-corrected chi connectivity index (χ2v) is 10.8. The molecule has 1 N–H and O–H groups in total. The van der Waals surface area contributed by atoms with Crippen LogP contribution in [-0.2, 0) is 11.3 Å². The number of aromatic nitrogens is 1. The van der Waals surface area contributed by atoms with Crippen molar-refractivity contribution in [1.82, 2.24) is 10.3 Å². The Labute approximate surface area is 232 Å². The van der Waals surface area contributed by atoms with Crippen LogP contribution in [0.5, 0.6) is 5.75 Å². The van der Waals surface area contributed by atoms with Crippen molar-refractivity contribution in [2.24, 2.45) is 0 Å². The average Bonchev–Trinajstić information content (AvgIpc) is 3.38. The fraction of sp³-hybridized carbons (Fsp3) is 0.258. The third-order valence-corrected chi connectivity index (χ3v) is 7.87. The van der Waals surface area contributed by atoms with Crippen LogP contribution in [0.3, 0.4) is 0 Å². The van der Waals surface area contributed by atoms with Crippen molar-refractivity contribution in [3.8, 4) is 16.2 Å². The minimum absolute atomic E-state index is 0.101. The van der Waals surface area contributed by atoms with Gasteiger partial charge in [0.2, 0.25) is 0 Å². The quantitative estimate of drug-likeness (QED) is 0.281. The molecule has 0 aliphatic carbocycles. The first-order valence-electron chi connectivity index (χ1n) is 13.1. The summed E-state index contributed by atoms with van der Waals surface area (Å²) >= 11 is 1.46. The van der Waals surface area contributed by atoms with Crippen molar-refractivity contribution in [2.75, 3.05) is 26.2 Å². The van der Waals surface area contributed by atoms with E-state index in [-0.39, 0.29) is 31.6 Å². The van der Waals surface area contributed by atoms with Gasteiger partial charge in [-0.15, -0.1) is 11.3 Å². The van der Waals surface area contributed by atoms with E-state index in [2.05, 4.69) is 10.3 Å². The van der Waals surface area contributed by atoms with Gasteiger partial charge < -0.3 is 14.8 Å². The zero-order valence-electron chi connectivity index (χ0n) is 21.9. The number of ether oxygens (including phenoxy) is 2. The predicted molar refractivity (Wildman–Crippen MR) is 152 cm³/mol. The van der Waals surface area contributed by atoms with E-state index in [1.807, 2.05) is 97.9 Å². The number of nitrogens with one attached hydrogen (secondary N) is 1. The fourth-order valence-electron chi connectivity index (χ4n) is 4.86. The molecule has 2 amide bonds. The molecule has 1 aliphatic heterocycles. The van der Waals surface area contributed by atoms with Crippen molar-refractivity contribution in [3.05, 3.63) is 107 Å². The monoisotopic (exact) mass is 542 g/mol. The number of amides is 2. The summed E-state index contributed by atoms with van der Waals surface area (Å²) in [4.78, 5) is 33.6. The molecule has 2 heterocycles. The van der Waals surface area contributed by atoms with Crippen LogP contribution in [0.4, 0.5) is 4.79 Å². The van der Waals surface area contributed by atoms with Gasteiger partial charge in [0, 0.05) is 13.0 Å². The number of benzene rings is 3. The molecule has 1 fully saturated rings. The molecular formula is C31H32N3O4S+. The summed E-state index contributed by atoms with van der Waals surface area (Å²) in [5, 5.41) is 4.25. The summed E-state index contributed by atoms with van der Waals surface area (Å²) in [5.74, 6) is 0.463. The number of quaternary nitrogens is 1. The average molecular weight is 543 g/mol. The van der Waals surface area contributed by atoms with Crippen molar-refractivity contribution < 1.29 is 23.5 Å². The summed E-state index contributed by atoms with van der Waals surface area (Å²) in [6.45, 7) is 3.48. The number of hydrogen-bond acceptors (Lipinski definition) is 7. The summed E-state index contributed by atoms with van der Waals surface area (Å²) in [7, 11) is 0. The van der Waals surface area contributed by atoms with Gasteiger partial charge in [-0.1, -0.05) is 78.9 Å². The molecule has 2 unspecified atom stereocenters. The Balaban J connectivity index is 1.41. The third-order valence-electron chi connectivity index (χ3n) is 6.85. The highest BCUT2D eigenvalue weighted by Gasteiger charge is 2.52. The molecule has 0 spiro atoms. The van der Waals surface area contributed by atoms with Gasteiger partial charge in [-0.3, -0.25) is 0 Å². The minimum Gasteiger partial charge on any atom is -0.494 e. The maximum absolute atomic E-state index is 14.4. The van der Waals surface area contributed by atoms with Crippen molar-refractivity contribution in [3.63, 3.8) is 0 Å². The van der Waals surface area contributed by atoms with Crippen LogP contribution in [-0.4, -0.2) is 53.8 Å². The molecule has 5 rings (SSSR count). The molecule has 3 aromatic carbocycles. The molecule has 1 saturated heterocycles. The van der Waals surface area contributed by atoms with Crippen LogP contribution in [0.2, 0.25) is 0 Å². The van der Waals surface area contributed by atoms with E-state index >= 15 is 0 Å². The van der Waals surface area contributed by atoms with Gasteiger partial charge in [0.05, 0.1) is 22.5 Å². The van der Waals surface area contributed by atoms with E-state index in [4.69, 9.17) is 9.47 Å². The van der Waals surface area contributed by atoms with Crippen LogP contribution in [0, 0.1) is 6.92 Å². The molecule has 39 heavy (non-hydrogen) atoms. The van der Waals surface area contributed by atoms with Gasteiger partial charge in [0.25, 0.3) is 0 Å². The third kappa shape index (κ3) is 6.25. The normalized spacial score (nSPS) is 18.8. The molecule has 1 aliphatic rings. The maximum atomic E-state index is 14.4. The molecule has 2 atom stereocenters. The van der Waals surface area contributed by atoms with E-state index in [1.54, 1.807) is 0 Å². The molecule has 200 valence electrons. The lowest BCUT2D eigenvalue weighted by molar-refractivity contribution is -0.782. The minimum atomic E-state index is -0.552. The standard InChI is InChI=1S/C31H32N3O4S/c1-23-33-28(29(39-23)25-13-7-3-8-14-25)30(35)34(31(36)38-22-24-11-5-2-6-12-24)19-18-32-26(21-34)17-20-37-27-15-9-4-10-16-27/h2-16,26,32H,17-22H2,1H3/q+1. The number of imide groups is 1. The molecule has 0 bridgehead atoms. The Hall–Kier alpha value is -3.85. The Morgan fingerprint density at radius 2 is 1.64 bits per heavy atom. The van der Waals surface area contributed by atoms with E-state index in [0.29, 0.717) is 25.3 Å². The van der Waals surface area contributed by atoms with Crippen LogP contribution in [0.1, 0.15) is 27.5 Å². The first-order valence-corrected chi connectivity index (χ1v) is 13.9. The maximum Gasteiger partial charge on any atom is 0.524 e. The molecule has 7 nitrogen and oxygen atoms in total. The molecule has 1 aromatic heterocycles. The molecule has 8 heteroatoms. The van der Waals surface area contributed by atoms with Crippen molar-refractivity contribution in [1.29, 1.82) is 0 Å². The van der Waals surface area contributed by atoms with Gasteiger partial charge in [0.15, 0.2) is 5.69 Å². The number of piperazine rings is 1. The molecule has 4 aromatic rings. The summed E-state index contributed by atoms with van der Waals surface area (Å²) in [6, 6.07) is 28.8. The Kier molecular flexibility index (Phi) is 8.46. The predicted octanol–water partition coefficient (Wildman–Crippen LogP) is 5.85. The molecular weight excluding hydrogens is 510 g/mol. The number of carbonyl (C=O) groups excluding carboxylic acids is 2. The first kappa shape index (κ1) is 26.7. The van der Waals surface area contributed by atoms with E-state index in [9.17, 15) is 9.59 Å². The van der Waals surface area contributed by atoms with Crippen LogP contribution in [0.25, 0.3) is 10.4 Å². The fourth-order valence-corrected chi connectivity index (χ4v) is 5.77. The number of thiazole rings is 1. The zero-order valence-corrected chi connectivity index (χ0v) is 22.7. The second kappa shape index (κ2) is 12.3. The first-order chi connectivity index (χ1) is 19.0. The topological polar surface area (TPSA) is 77.5 Å². The van der Waals surface area contributed by atoms with Gasteiger partial charge in [-0.25, -0.2) is 9.78 Å². The summed E-state index contributed by atoms with van der Waals surface area (Å²) in [6.07, 6.45) is 0.0828. The largest absolute Gasteiger partial charge is 0.524 e. The number of hydrogen-bond donors (Lipinski definition) is 1. The highest BCUT2D eigenvalue weighted by atomic mass is 32.1. The van der Waals surface area contributed by atoms with Crippen LogP contribution >= 0.6 is 11.3 Å². The van der Waals surface area contributed by atoms with Crippen molar-refractivity contribution in [2.45, 2.75) is 26.0 Å². The number of para-hydroxylation sites is 1. The Morgan fingerprint density at radius 3 is 2.36 bits per heavy atom. The van der Waals surface area contributed by atoms with Crippen LogP contribution in [0.15, 0.2) is 91.0 Å². The number of aryl methyl sites for hydroxylation is 1. The Morgan fingerprint density at radius 1 is 0.974 bits per heavy atom. The number of rotatable bonds is 8. The lowest BCUT2D eigenvalue weighted by atomic mass is 10.1. The van der Waals surface area contributed by atoms with Gasteiger partial charge in [-0.05, 0) is 30.2 Å². The van der Waals surface area contributed by atoms with E-state index in [1.165, 1.54) is 11.3 Å². The highest BCUT2D eigenvalue weighted by molar-refractivity contribution is 7.15. The summed E-state index contributed by atoms with van der Waals surface area (Å²) in [5.41, 5.74) is 2.10. The lowest BCUT2D eigenvalue weighted by Crippen LogP contribution is -2.68. The molecule has 0 saturated carbocycles. The zero-order chi connectivity index (χ0) is 27.1. The Bertz CT molecular complexity index is 1400. The van der Waals surface area contributed by atoms with Gasteiger partial charge in [-0.2, -0.15) is 9.28 Å². The number of carbonyl (C=O) groups is 2. The van der Waals surface area contributed by atoms with Gasteiger partial charge in [0.1, 0.15) is 25.4 Å². The summed E-state index contributed by atoms with van der Waals surface area (Å²) < 4.78 is 11.3. The highest BCUT2D eigenvalue weighted by Crippen LogP contribution is 2.33. The van der Waals surface area contributed by atoms with E-state index < -0.39 is 10.6 Å². The molecule has 0 radical (unpaired) electrons. The van der Waals surface area contributed by atoms with Crippen LogP contribution < -0.4 is 10.1 Å². The number of nitrogens with zero attached hydrogens (tertiary/aromatic N) is 2. The SMILES string of the molecule is Cc1nc(C(=O)[N+]2(C(=O)OCc3ccccc3)CCNC(CCOc3ccccc3)C2)c(-c2ccccc2)s1. The second-order valence-electron chi connectivity index (χ2n) is 9.60. The van der Waals surface area contributed by atoms with E-state index in [0.717, 1.165) is 26.8 Å². The smallest absolute Gasteiger partial charge is 0.494 e.